The molecule has 0 aliphatic carbocycles. The van der Waals surface area contributed by atoms with Crippen molar-refractivity contribution in [2.24, 2.45) is 0 Å². The van der Waals surface area contributed by atoms with Crippen LogP contribution >= 0.6 is 11.6 Å². The number of nitrogens with zero attached hydrogens (tertiary/aromatic N) is 6. The van der Waals surface area contributed by atoms with Crippen LogP contribution in [0.15, 0.2) is 42.9 Å². The zero-order chi connectivity index (χ0) is 26.0. The molecule has 2 aliphatic rings. The third-order valence-corrected chi connectivity index (χ3v) is 5.97. The molecule has 14 heteroatoms. The number of carbonyl (C=O) groups is 2. The van der Waals surface area contributed by atoms with Gasteiger partial charge in [-0.25, -0.2) is 19.4 Å². The Hall–Kier alpha value is -3.71. The molecule has 2 aromatic heterocycles. The highest BCUT2D eigenvalue weighted by molar-refractivity contribution is 6.30. The Balaban J connectivity index is 0.000000384. The maximum atomic E-state index is 12.9. The molecule has 2 N–H and O–H groups in total. The SMILES string of the molecule is CNC1CCN(c2ncc(N3Cc4cn(-c5ccc(Cl)cc5)nc4C3=O)cn2)C1.O=C(O)C(F)(F)F. The largest absolute Gasteiger partial charge is 0.490 e. The van der Waals surface area contributed by atoms with Gasteiger partial charge in [0.05, 0.1) is 30.3 Å². The van der Waals surface area contributed by atoms with Gasteiger partial charge in [-0.15, -0.1) is 0 Å². The van der Waals surface area contributed by atoms with Crippen LogP contribution in [0.1, 0.15) is 22.5 Å². The van der Waals surface area contributed by atoms with E-state index >= 15 is 0 Å². The fraction of sp³-hybridized carbons (Fsp3) is 0.318. The van der Waals surface area contributed by atoms with Crippen molar-refractivity contribution in [3.05, 3.63) is 59.1 Å². The van der Waals surface area contributed by atoms with E-state index in [2.05, 4.69) is 25.3 Å². The van der Waals surface area contributed by atoms with E-state index in [1.54, 1.807) is 34.1 Å². The van der Waals surface area contributed by atoms with Gasteiger partial charge in [-0.3, -0.25) is 9.69 Å². The zero-order valence-corrected chi connectivity index (χ0v) is 19.7. The summed E-state index contributed by atoms with van der Waals surface area (Å²) in [6.07, 6.45) is 1.30. The number of halogens is 4. The minimum atomic E-state index is -5.08. The molecule has 1 amide bonds. The normalized spacial score (nSPS) is 17.1. The number of carboxylic acids is 1. The van der Waals surface area contributed by atoms with Gasteiger partial charge in [-0.1, -0.05) is 11.6 Å². The van der Waals surface area contributed by atoms with Crippen molar-refractivity contribution < 1.29 is 27.9 Å². The van der Waals surface area contributed by atoms with Crippen LogP contribution in [0.25, 0.3) is 5.69 Å². The Labute approximate surface area is 208 Å². The number of anilines is 2. The molecule has 0 radical (unpaired) electrons. The van der Waals surface area contributed by atoms with Crippen molar-refractivity contribution in [2.45, 2.75) is 25.2 Å². The summed E-state index contributed by atoms with van der Waals surface area (Å²) in [5, 5.41) is 15.5. The van der Waals surface area contributed by atoms with E-state index in [0.29, 0.717) is 34.9 Å². The second kappa shape index (κ2) is 10.1. The van der Waals surface area contributed by atoms with Gasteiger partial charge >= 0.3 is 12.1 Å². The number of carboxylic acid groups (broad SMARTS) is 1. The highest BCUT2D eigenvalue weighted by Gasteiger charge is 2.38. The van der Waals surface area contributed by atoms with Crippen LogP contribution < -0.4 is 15.1 Å². The smallest absolute Gasteiger partial charge is 0.475 e. The number of fused-ring (bicyclic) bond motifs is 1. The van der Waals surface area contributed by atoms with Crippen LogP contribution in [0.5, 0.6) is 0 Å². The van der Waals surface area contributed by atoms with Crippen molar-refractivity contribution in [3.8, 4) is 5.69 Å². The number of hydrogen-bond donors (Lipinski definition) is 2. The average molecular weight is 524 g/mol. The van der Waals surface area contributed by atoms with Crippen LogP contribution in [-0.4, -0.2) is 69.1 Å². The number of amides is 1. The van der Waals surface area contributed by atoms with E-state index in [9.17, 15) is 18.0 Å². The van der Waals surface area contributed by atoms with Crippen molar-refractivity contribution in [1.82, 2.24) is 25.1 Å². The molecule has 1 fully saturated rings. The topological polar surface area (TPSA) is 116 Å². The van der Waals surface area contributed by atoms with Crippen LogP contribution in [-0.2, 0) is 11.3 Å². The molecule has 10 nitrogen and oxygen atoms in total. The molecule has 1 unspecified atom stereocenters. The summed E-state index contributed by atoms with van der Waals surface area (Å²) in [6.45, 7) is 2.27. The van der Waals surface area contributed by atoms with Gasteiger partial charge in [0, 0.05) is 35.9 Å². The van der Waals surface area contributed by atoms with E-state index in [0.717, 1.165) is 30.8 Å². The monoisotopic (exact) mass is 523 g/mol. The number of alkyl halides is 3. The summed E-state index contributed by atoms with van der Waals surface area (Å²) < 4.78 is 33.4. The molecular formula is C22H21ClF3N7O3. The number of hydrogen-bond acceptors (Lipinski definition) is 7. The minimum absolute atomic E-state index is 0.138. The van der Waals surface area contributed by atoms with Gasteiger partial charge in [-0.05, 0) is 37.7 Å². The molecule has 4 heterocycles. The predicted octanol–water partition coefficient (Wildman–Crippen LogP) is 2.91. The molecule has 3 aromatic rings. The molecular weight excluding hydrogens is 503 g/mol. The van der Waals surface area contributed by atoms with Crippen molar-refractivity contribution in [2.75, 3.05) is 29.9 Å². The maximum absolute atomic E-state index is 12.9. The third kappa shape index (κ3) is 5.41. The lowest BCUT2D eigenvalue weighted by molar-refractivity contribution is -0.192. The Bertz CT molecular complexity index is 1250. The molecule has 1 saturated heterocycles. The van der Waals surface area contributed by atoms with Gasteiger partial charge in [0.15, 0.2) is 5.69 Å². The summed E-state index contributed by atoms with van der Waals surface area (Å²) >= 11 is 5.94. The molecule has 1 atom stereocenters. The molecule has 0 saturated carbocycles. The first-order valence-corrected chi connectivity index (χ1v) is 11.2. The van der Waals surface area contributed by atoms with Crippen LogP contribution in [0.2, 0.25) is 5.02 Å². The Morgan fingerprint density at radius 3 is 2.33 bits per heavy atom. The first kappa shape index (κ1) is 25.4. The van der Waals surface area contributed by atoms with Gasteiger partial charge in [0.25, 0.3) is 5.91 Å². The van der Waals surface area contributed by atoms with E-state index in [4.69, 9.17) is 21.5 Å². The minimum Gasteiger partial charge on any atom is -0.475 e. The van der Waals surface area contributed by atoms with Crippen molar-refractivity contribution >= 4 is 35.1 Å². The second-order valence-corrected chi connectivity index (χ2v) is 8.52. The van der Waals surface area contributed by atoms with Crippen molar-refractivity contribution in [1.29, 1.82) is 0 Å². The molecule has 190 valence electrons. The number of aromatic nitrogens is 4. The number of carbonyl (C=O) groups excluding carboxylic acids is 1. The van der Waals surface area contributed by atoms with Gasteiger partial charge in [0.1, 0.15) is 0 Å². The lowest BCUT2D eigenvalue weighted by Gasteiger charge is -2.19. The Morgan fingerprint density at radius 2 is 1.81 bits per heavy atom. The number of nitrogens with one attached hydrogen (secondary N) is 1. The maximum Gasteiger partial charge on any atom is 0.490 e. The van der Waals surface area contributed by atoms with Crippen molar-refractivity contribution in [3.63, 3.8) is 0 Å². The molecule has 1 aromatic carbocycles. The summed E-state index contributed by atoms with van der Waals surface area (Å²) in [6, 6.07) is 7.81. The average Bonchev–Trinajstić information content (AvgIpc) is 3.56. The molecule has 36 heavy (non-hydrogen) atoms. The fourth-order valence-electron chi connectivity index (χ4n) is 3.80. The zero-order valence-electron chi connectivity index (χ0n) is 18.9. The van der Waals surface area contributed by atoms with Crippen LogP contribution in [0, 0.1) is 0 Å². The van der Waals surface area contributed by atoms with E-state index < -0.39 is 12.1 Å². The summed E-state index contributed by atoms with van der Waals surface area (Å²) in [7, 11) is 1.97. The number of benzene rings is 1. The first-order chi connectivity index (χ1) is 17.1. The highest BCUT2D eigenvalue weighted by Crippen LogP contribution is 2.28. The van der Waals surface area contributed by atoms with Crippen LogP contribution in [0.4, 0.5) is 24.8 Å². The summed E-state index contributed by atoms with van der Waals surface area (Å²) in [4.78, 5) is 34.6. The van der Waals surface area contributed by atoms with Gasteiger partial charge in [-0.2, -0.15) is 18.3 Å². The number of likely N-dealkylation sites (N-methyl/N-ethyl adjacent to an activating group) is 1. The quantitative estimate of drug-likeness (QED) is 0.536. The number of rotatable bonds is 4. The van der Waals surface area contributed by atoms with Crippen LogP contribution in [0.3, 0.4) is 0 Å². The summed E-state index contributed by atoms with van der Waals surface area (Å²) in [5.74, 6) is -2.20. The van der Waals surface area contributed by atoms with Gasteiger partial charge < -0.3 is 15.3 Å². The summed E-state index contributed by atoms with van der Waals surface area (Å²) in [5.41, 5.74) is 2.88. The Morgan fingerprint density at radius 1 is 1.17 bits per heavy atom. The second-order valence-electron chi connectivity index (χ2n) is 8.08. The lowest BCUT2D eigenvalue weighted by atomic mass is 10.3. The standard InChI is InChI=1S/C20H20ClN7O.C2HF3O2/c1-22-15-6-7-26(12-15)20-23-8-17(9-24-20)27-10-13-11-28(25-18(13)19(27)29)16-4-2-14(21)3-5-16;3-2(4,5)1(6)7/h2-5,8-9,11,15,22H,6-7,10,12H2,1H3;(H,6,7). The van der Waals surface area contributed by atoms with E-state index in [-0.39, 0.29) is 5.91 Å². The van der Waals surface area contributed by atoms with Gasteiger partial charge in [0.2, 0.25) is 5.95 Å². The highest BCUT2D eigenvalue weighted by atomic mass is 35.5. The fourth-order valence-corrected chi connectivity index (χ4v) is 3.93. The third-order valence-electron chi connectivity index (χ3n) is 5.72. The molecule has 0 bridgehead atoms. The lowest BCUT2D eigenvalue weighted by Crippen LogP contribution is -2.30. The Kier molecular flexibility index (Phi) is 7.13. The molecule has 2 aliphatic heterocycles. The first-order valence-electron chi connectivity index (χ1n) is 10.8. The van der Waals surface area contributed by atoms with E-state index in [1.165, 1.54) is 0 Å². The molecule has 0 spiro atoms. The van der Waals surface area contributed by atoms with E-state index in [1.807, 2.05) is 25.4 Å². The molecule has 5 rings (SSSR count). The number of aliphatic carboxylic acids is 1. The predicted molar refractivity (Wildman–Crippen MR) is 124 cm³/mol.